The Kier molecular flexibility index (Phi) is 9.09. The average Bonchev–Trinajstić information content (AvgIpc) is 3.67. The number of rotatable bonds is 8. The molecule has 0 radical (unpaired) electrons. The van der Waals surface area contributed by atoms with Crippen LogP contribution >= 0.6 is 0 Å². The van der Waals surface area contributed by atoms with Gasteiger partial charge >= 0.3 is 0 Å². The minimum Gasteiger partial charge on any atom is -0.316 e. The monoisotopic (exact) mass is 778 g/mol. The minimum atomic E-state index is 1.09. The summed E-state index contributed by atoms with van der Waals surface area (Å²) in [4.78, 5) is 2.39. The van der Waals surface area contributed by atoms with Crippen LogP contribution in [0, 0.1) is 6.92 Å². The van der Waals surface area contributed by atoms with E-state index in [1.165, 1.54) is 82.5 Å². The summed E-state index contributed by atoms with van der Waals surface area (Å²) in [6.07, 6.45) is 2.24. The second-order valence-corrected chi connectivity index (χ2v) is 15.7. The molecule has 0 saturated carbocycles. The summed E-state index contributed by atoms with van der Waals surface area (Å²) in [5.41, 5.74) is 16.6. The van der Waals surface area contributed by atoms with Crippen molar-refractivity contribution in [1.29, 1.82) is 0 Å². The average molecular weight is 779 g/mol. The van der Waals surface area contributed by atoms with Crippen LogP contribution in [0.15, 0.2) is 237 Å². The molecule has 0 N–H and O–H groups in total. The summed E-state index contributed by atoms with van der Waals surface area (Å²) < 4.78 is 2.30. The van der Waals surface area contributed by atoms with Gasteiger partial charge in [0.15, 0.2) is 0 Å². The Bertz CT molecular complexity index is 3350. The highest BCUT2D eigenvalue weighted by atomic mass is 15.1. The Balaban J connectivity index is 1.19. The summed E-state index contributed by atoms with van der Waals surface area (Å²) in [6, 6.07) is 83.8. The molecule has 0 saturated heterocycles. The van der Waals surface area contributed by atoms with Crippen LogP contribution in [0.2, 0.25) is 0 Å². The van der Waals surface area contributed by atoms with E-state index in [2.05, 4.69) is 253 Å². The van der Waals surface area contributed by atoms with Crippen molar-refractivity contribution >= 4 is 49.5 Å². The van der Waals surface area contributed by atoms with E-state index in [4.69, 9.17) is 0 Å². The van der Waals surface area contributed by atoms with Gasteiger partial charge in [-0.3, -0.25) is 0 Å². The molecule has 11 aromatic rings. The van der Waals surface area contributed by atoms with Gasteiger partial charge in [0.1, 0.15) is 0 Å². The molecule has 0 atom stereocenters. The van der Waals surface area contributed by atoms with Crippen molar-refractivity contribution in [1.82, 2.24) is 4.57 Å². The van der Waals surface area contributed by atoms with E-state index >= 15 is 0 Å². The number of aryl methyl sites for hydroxylation is 1. The fourth-order valence-electron chi connectivity index (χ4n) is 9.38. The SMILES string of the molecule is Cc1cn(-c2ccc(N(c3ccccc3)c3ccc4c(-c5ccccc5-c5ccccc5)c5ccccc5c(-c5ccccc5-c5ccccc5)c4c3)cc2)c2ccccc12. The van der Waals surface area contributed by atoms with E-state index in [0.717, 1.165) is 22.7 Å². The van der Waals surface area contributed by atoms with Gasteiger partial charge in [-0.15, -0.1) is 0 Å². The maximum Gasteiger partial charge on any atom is 0.0531 e. The topological polar surface area (TPSA) is 8.17 Å². The zero-order chi connectivity index (χ0) is 40.7. The van der Waals surface area contributed by atoms with E-state index in [0.29, 0.717) is 0 Å². The number of benzene rings is 10. The molecule has 1 heterocycles. The number of para-hydroxylation sites is 2. The molecular formula is C59H42N2. The maximum atomic E-state index is 2.43. The molecule has 1 aromatic heterocycles. The molecule has 0 aliphatic carbocycles. The van der Waals surface area contributed by atoms with E-state index < -0.39 is 0 Å². The number of fused-ring (bicyclic) bond motifs is 3. The van der Waals surface area contributed by atoms with Crippen molar-refractivity contribution < 1.29 is 0 Å². The lowest BCUT2D eigenvalue weighted by Gasteiger charge is -2.27. The Morgan fingerprint density at radius 3 is 1.34 bits per heavy atom. The summed E-state index contributed by atoms with van der Waals surface area (Å²) in [5.74, 6) is 0. The molecule has 0 unspecified atom stereocenters. The quantitative estimate of drug-likeness (QED) is 0.140. The minimum absolute atomic E-state index is 1.09. The lowest BCUT2D eigenvalue weighted by Crippen LogP contribution is -2.10. The first kappa shape index (κ1) is 36.2. The van der Waals surface area contributed by atoms with Crippen LogP contribution in [0.1, 0.15) is 5.56 Å². The number of anilines is 3. The molecule has 2 nitrogen and oxygen atoms in total. The van der Waals surface area contributed by atoms with Gasteiger partial charge in [0.05, 0.1) is 5.52 Å². The number of nitrogens with zero attached hydrogens (tertiary/aromatic N) is 2. The van der Waals surface area contributed by atoms with Crippen molar-refractivity contribution in [2.45, 2.75) is 6.92 Å². The van der Waals surface area contributed by atoms with E-state index in [-0.39, 0.29) is 0 Å². The van der Waals surface area contributed by atoms with E-state index in [1.807, 2.05) is 0 Å². The highest BCUT2D eigenvalue weighted by Crippen LogP contribution is 2.49. The predicted octanol–water partition coefficient (Wildman–Crippen LogP) is 16.4. The van der Waals surface area contributed by atoms with Crippen LogP contribution in [0.5, 0.6) is 0 Å². The van der Waals surface area contributed by atoms with Gasteiger partial charge in [-0.2, -0.15) is 0 Å². The van der Waals surface area contributed by atoms with Crippen molar-refractivity contribution in [2.75, 3.05) is 4.90 Å². The normalized spacial score (nSPS) is 11.4. The van der Waals surface area contributed by atoms with Crippen LogP contribution in [0.25, 0.3) is 82.6 Å². The van der Waals surface area contributed by atoms with Crippen LogP contribution in [0.4, 0.5) is 17.1 Å². The molecule has 10 aromatic carbocycles. The number of hydrogen-bond donors (Lipinski definition) is 0. The van der Waals surface area contributed by atoms with Crippen LogP contribution in [0.3, 0.4) is 0 Å². The van der Waals surface area contributed by atoms with Crippen LogP contribution in [-0.2, 0) is 0 Å². The third-order valence-electron chi connectivity index (χ3n) is 12.1. The fraction of sp³-hybridized carbons (Fsp3) is 0.0169. The standard InChI is InChI=1S/C59H42N2/c1-41-40-60(57-32-18-17-25-48(41)57)44-33-35-46(36-34-44)61(45-23-9-4-10-24-45)47-37-38-55-56(39-47)59(52-29-14-12-27-50(52)43-21-7-3-8-22-43)54-31-16-15-30-53(54)58(55)51-28-13-11-26-49(51)42-19-5-2-6-20-42/h2-40H,1H3. The van der Waals surface area contributed by atoms with E-state index in [1.54, 1.807) is 0 Å². The summed E-state index contributed by atoms with van der Waals surface area (Å²) in [7, 11) is 0. The number of hydrogen-bond acceptors (Lipinski definition) is 1. The second-order valence-electron chi connectivity index (χ2n) is 15.7. The molecular weight excluding hydrogens is 737 g/mol. The summed E-state index contributed by atoms with van der Waals surface area (Å²) in [6.45, 7) is 2.19. The highest BCUT2D eigenvalue weighted by molar-refractivity contribution is 6.24. The summed E-state index contributed by atoms with van der Waals surface area (Å²) >= 11 is 0. The third kappa shape index (κ3) is 6.37. The molecule has 0 spiro atoms. The Hall–Kier alpha value is -7.94. The first-order chi connectivity index (χ1) is 30.2. The molecule has 61 heavy (non-hydrogen) atoms. The Morgan fingerprint density at radius 1 is 0.328 bits per heavy atom. The molecule has 0 amide bonds. The fourth-order valence-corrected chi connectivity index (χ4v) is 9.38. The maximum absolute atomic E-state index is 2.43. The molecule has 11 rings (SSSR count). The van der Waals surface area contributed by atoms with Crippen molar-refractivity contribution in [3.05, 3.63) is 242 Å². The van der Waals surface area contributed by atoms with Gasteiger partial charge in [0.25, 0.3) is 0 Å². The van der Waals surface area contributed by atoms with Crippen molar-refractivity contribution in [3.63, 3.8) is 0 Å². The molecule has 0 bridgehead atoms. The van der Waals surface area contributed by atoms with Crippen LogP contribution < -0.4 is 4.90 Å². The molecule has 0 aliphatic heterocycles. The Morgan fingerprint density at radius 2 is 0.754 bits per heavy atom. The lowest BCUT2D eigenvalue weighted by molar-refractivity contribution is 1.12. The second kappa shape index (κ2) is 15.3. The summed E-state index contributed by atoms with van der Waals surface area (Å²) in [5, 5.41) is 6.13. The first-order valence-electron chi connectivity index (χ1n) is 21.0. The first-order valence-corrected chi connectivity index (χ1v) is 21.0. The Labute approximate surface area is 356 Å². The van der Waals surface area contributed by atoms with Gasteiger partial charge in [-0.1, -0.05) is 176 Å². The van der Waals surface area contributed by atoms with Gasteiger partial charge in [-0.25, -0.2) is 0 Å². The number of aromatic nitrogens is 1. The van der Waals surface area contributed by atoms with Gasteiger partial charge in [-0.05, 0) is 133 Å². The lowest BCUT2D eigenvalue weighted by atomic mass is 9.82. The smallest absolute Gasteiger partial charge is 0.0531 e. The molecule has 288 valence electrons. The van der Waals surface area contributed by atoms with E-state index in [9.17, 15) is 0 Å². The molecule has 0 aliphatic rings. The molecule has 0 fully saturated rings. The van der Waals surface area contributed by atoms with Gasteiger partial charge < -0.3 is 9.47 Å². The third-order valence-corrected chi connectivity index (χ3v) is 12.1. The zero-order valence-electron chi connectivity index (χ0n) is 33.9. The van der Waals surface area contributed by atoms with Gasteiger partial charge in [0.2, 0.25) is 0 Å². The zero-order valence-corrected chi connectivity index (χ0v) is 33.9. The van der Waals surface area contributed by atoms with Gasteiger partial charge in [0, 0.05) is 34.3 Å². The van der Waals surface area contributed by atoms with Crippen molar-refractivity contribution in [3.8, 4) is 50.2 Å². The van der Waals surface area contributed by atoms with Crippen LogP contribution in [-0.4, -0.2) is 4.57 Å². The molecule has 2 heteroatoms. The highest BCUT2D eigenvalue weighted by Gasteiger charge is 2.23. The largest absolute Gasteiger partial charge is 0.316 e. The predicted molar refractivity (Wildman–Crippen MR) is 259 cm³/mol. The van der Waals surface area contributed by atoms with Crippen molar-refractivity contribution in [2.24, 2.45) is 0 Å².